The van der Waals surface area contributed by atoms with Crippen molar-refractivity contribution in [3.63, 3.8) is 0 Å². The molecule has 1 aliphatic heterocycles. The van der Waals surface area contributed by atoms with Crippen molar-refractivity contribution in [2.24, 2.45) is 5.92 Å². The molecular weight excluding hydrogens is 380 g/mol. The van der Waals surface area contributed by atoms with E-state index >= 15 is 0 Å². The van der Waals surface area contributed by atoms with E-state index in [0.717, 1.165) is 24.5 Å². The van der Waals surface area contributed by atoms with Crippen LogP contribution in [0, 0.1) is 12.8 Å². The lowest BCUT2D eigenvalue weighted by Crippen LogP contribution is -2.54. The fraction of sp³-hybridized carbons (Fsp3) is 0.500. The number of anilines is 2. The lowest BCUT2D eigenvalue weighted by atomic mass is 9.99. The molecule has 0 aromatic carbocycles. The number of nitrogens with zero attached hydrogens (tertiary/aromatic N) is 6. The van der Waals surface area contributed by atoms with Gasteiger partial charge in [0.25, 0.3) is 0 Å². The Labute approximate surface area is 169 Å². The molecule has 10 heteroatoms. The number of nitrogens with one attached hydrogen (secondary N) is 2. The minimum Gasteiger partial charge on any atom is -0.353 e. The van der Waals surface area contributed by atoms with Crippen molar-refractivity contribution in [3.05, 3.63) is 35.0 Å². The second-order valence-electron chi connectivity index (χ2n) is 7.06. The van der Waals surface area contributed by atoms with Crippen LogP contribution in [0.25, 0.3) is 0 Å². The maximum atomic E-state index is 12.3. The molecule has 0 aliphatic carbocycles. The van der Waals surface area contributed by atoms with E-state index in [2.05, 4.69) is 35.5 Å². The first-order chi connectivity index (χ1) is 13.4. The zero-order valence-electron chi connectivity index (χ0n) is 16.3. The van der Waals surface area contributed by atoms with Crippen molar-refractivity contribution >= 4 is 29.3 Å². The molecule has 2 aromatic rings. The molecule has 150 valence electrons. The summed E-state index contributed by atoms with van der Waals surface area (Å²) in [6.45, 7) is 4.99. The molecule has 1 fully saturated rings. The first kappa shape index (κ1) is 20.2. The van der Waals surface area contributed by atoms with E-state index in [1.165, 1.54) is 0 Å². The monoisotopic (exact) mass is 404 g/mol. The predicted molar refractivity (Wildman–Crippen MR) is 108 cm³/mol. The maximum absolute atomic E-state index is 12.3. The van der Waals surface area contributed by atoms with Crippen molar-refractivity contribution in [2.45, 2.75) is 13.5 Å². The molecule has 3 heterocycles. The number of rotatable bonds is 8. The van der Waals surface area contributed by atoms with Crippen molar-refractivity contribution in [2.75, 3.05) is 50.5 Å². The van der Waals surface area contributed by atoms with E-state index in [1.54, 1.807) is 18.6 Å². The first-order valence-corrected chi connectivity index (χ1v) is 9.51. The standard InChI is InChI=1S/C18H25ClN8O/c1-12-6-22-14(7-21-12)8-23-17(28)13-10-27(11-13)16-15(19)9-24-18(25-16)20-4-5-26(2)3/h6-7,9,13H,4-5,8,10-11H2,1-3H3,(H,23,28)(H,20,24,25). The summed E-state index contributed by atoms with van der Waals surface area (Å²) >= 11 is 6.25. The van der Waals surface area contributed by atoms with Crippen LogP contribution in [-0.2, 0) is 11.3 Å². The van der Waals surface area contributed by atoms with E-state index in [1.807, 2.05) is 25.9 Å². The third kappa shape index (κ3) is 5.26. The normalized spacial score (nSPS) is 14.1. The van der Waals surface area contributed by atoms with Gasteiger partial charge >= 0.3 is 0 Å². The summed E-state index contributed by atoms with van der Waals surface area (Å²) in [5.74, 6) is 1.08. The molecule has 9 nitrogen and oxygen atoms in total. The lowest BCUT2D eigenvalue weighted by Gasteiger charge is -2.39. The Kier molecular flexibility index (Phi) is 6.58. The van der Waals surface area contributed by atoms with Gasteiger partial charge in [-0.1, -0.05) is 11.6 Å². The molecule has 1 aliphatic rings. The molecular formula is C18H25ClN8O. The number of carbonyl (C=O) groups excluding carboxylic acids is 1. The Morgan fingerprint density at radius 3 is 2.71 bits per heavy atom. The number of likely N-dealkylation sites (N-methyl/N-ethyl adjacent to an activating group) is 1. The molecule has 0 bridgehead atoms. The molecule has 2 N–H and O–H groups in total. The van der Waals surface area contributed by atoms with Crippen LogP contribution in [0.1, 0.15) is 11.4 Å². The second-order valence-corrected chi connectivity index (χ2v) is 7.47. The topological polar surface area (TPSA) is 99.2 Å². The Hall–Kier alpha value is -2.52. The second kappa shape index (κ2) is 9.11. The molecule has 0 spiro atoms. The molecule has 1 saturated heterocycles. The van der Waals surface area contributed by atoms with Crippen LogP contribution in [0.4, 0.5) is 11.8 Å². The van der Waals surface area contributed by atoms with Crippen LogP contribution in [0.15, 0.2) is 18.6 Å². The van der Waals surface area contributed by atoms with E-state index < -0.39 is 0 Å². The van der Waals surface area contributed by atoms with Gasteiger partial charge in [-0.2, -0.15) is 4.98 Å². The van der Waals surface area contributed by atoms with E-state index in [-0.39, 0.29) is 11.8 Å². The fourth-order valence-corrected chi connectivity index (χ4v) is 2.92. The number of aryl methyl sites for hydroxylation is 1. The Morgan fingerprint density at radius 1 is 1.25 bits per heavy atom. The van der Waals surface area contributed by atoms with Gasteiger partial charge in [0.1, 0.15) is 5.02 Å². The summed E-state index contributed by atoms with van der Waals surface area (Å²) in [4.78, 5) is 33.5. The van der Waals surface area contributed by atoms with Crippen LogP contribution in [0.3, 0.4) is 0 Å². The first-order valence-electron chi connectivity index (χ1n) is 9.13. The number of amides is 1. The van der Waals surface area contributed by atoms with Gasteiger partial charge in [0, 0.05) is 32.4 Å². The summed E-state index contributed by atoms with van der Waals surface area (Å²) in [7, 11) is 4.01. The molecule has 0 saturated carbocycles. The summed E-state index contributed by atoms with van der Waals surface area (Å²) < 4.78 is 0. The molecule has 3 rings (SSSR count). The number of carbonyl (C=O) groups is 1. The largest absolute Gasteiger partial charge is 0.353 e. The van der Waals surface area contributed by atoms with Gasteiger partial charge in [-0.15, -0.1) is 0 Å². The van der Waals surface area contributed by atoms with Crippen LogP contribution in [0.2, 0.25) is 5.02 Å². The number of hydrogen-bond donors (Lipinski definition) is 2. The number of hydrogen-bond acceptors (Lipinski definition) is 8. The van der Waals surface area contributed by atoms with Crippen molar-refractivity contribution in [1.29, 1.82) is 0 Å². The third-order valence-electron chi connectivity index (χ3n) is 4.40. The van der Waals surface area contributed by atoms with E-state index in [0.29, 0.717) is 36.4 Å². The Balaban J connectivity index is 1.49. The minimum absolute atomic E-state index is 0.00636. The third-order valence-corrected chi connectivity index (χ3v) is 4.66. The van der Waals surface area contributed by atoms with Gasteiger partial charge < -0.3 is 20.4 Å². The van der Waals surface area contributed by atoms with Crippen molar-refractivity contribution < 1.29 is 4.79 Å². The molecule has 0 atom stereocenters. The highest BCUT2D eigenvalue weighted by Gasteiger charge is 2.34. The molecule has 1 amide bonds. The zero-order valence-corrected chi connectivity index (χ0v) is 17.1. The number of aromatic nitrogens is 4. The van der Waals surface area contributed by atoms with Gasteiger partial charge in [0.2, 0.25) is 11.9 Å². The molecule has 0 unspecified atom stereocenters. The van der Waals surface area contributed by atoms with Crippen LogP contribution in [0.5, 0.6) is 0 Å². The average molecular weight is 405 g/mol. The predicted octanol–water partition coefficient (Wildman–Crippen LogP) is 0.955. The smallest absolute Gasteiger partial charge is 0.227 e. The number of halogens is 1. The van der Waals surface area contributed by atoms with E-state index in [9.17, 15) is 4.79 Å². The lowest BCUT2D eigenvalue weighted by molar-refractivity contribution is -0.125. The van der Waals surface area contributed by atoms with Gasteiger partial charge in [0.15, 0.2) is 5.82 Å². The van der Waals surface area contributed by atoms with Crippen LogP contribution < -0.4 is 15.5 Å². The summed E-state index contributed by atoms with van der Waals surface area (Å²) in [6, 6.07) is 0. The van der Waals surface area contributed by atoms with Crippen LogP contribution in [-0.4, -0.2) is 71.0 Å². The zero-order chi connectivity index (χ0) is 20.1. The Bertz CT molecular complexity index is 808. The SMILES string of the molecule is Cc1cnc(CNC(=O)C2CN(c3nc(NCCN(C)C)ncc3Cl)C2)cn1. The van der Waals surface area contributed by atoms with Gasteiger partial charge in [-0.25, -0.2) is 4.98 Å². The molecule has 28 heavy (non-hydrogen) atoms. The maximum Gasteiger partial charge on any atom is 0.227 e. The minimum atomic E-state index is -0.102. The molecule has 2 aromatic heterocycles. The van der Waals surface area contributed by atoms with Gasteiger partial charge in [0.05, 0.1) is 36.2 Å². The van der Waals surface area contributed by atoms with Gasteiger partial charge in [-0.3, -0.25) is 14.8 Å². The molecule has 0 radical (unpaired) electrons. The summed E-state index contributed by atoms with van der Waals surface area (Å²) in [5, 5.41) is 6.57. The average Bonchev–Trinajstić information content (AvgIpc) is 2.62. The summed E-state index contributed by atoms with van der Waals surface area (Å²) in [6.07, 6.45) is 4.95. The van der Waals surface area contributed by atoms with Crippen molar-refractivity contribution in [3.8, 4) is 0 Å². The van der Waals surface area contributed by atoms with Crippen molar-refractivity contribution in [1.82, 2.24) is 30.2 Å². The highest BCUT2D eigenvalue weighted by Crippen LogP contribution is 2.29. The quantitative estimate of drug-likeness (QED) is 0.671. The fourth-order valence-electron chi connectivity index (χ4n) is 2.71. The van der Waals surface area contributed by atoms with Gasteiger partial charge in [-0.05, 0) is 21.0 Å². The summed E-state index contributed by atoms with van der Waals surface area (Å²) in [5.41, 5.74) is 1.59. The van der Waals surface area contributed by atoms with Crippen LogP contribution >= 0.6 is 11.6 Å². The highest BCUT2D eigenvalue weighted by molar-refractivity contribution is 6.32. The van der Waals surface area contributed by atoms with E-state index in [4.69, 9.17) is 11.6 Å². The Morgan fingerprint density at radius 2 is 2.04 bits per heavy atom. The highest BCUT2D eigenvalue weighted by atomic mass is 35.5.